The Morgan fingerprint density at radius 1 is 1.55 bits per heavy atom. The average molecular weight is 151 g/mol. The van der Waals surface area contributed by atoms with Crippen molar-refractivity contribution in [1.29, 1.82) is 0 Å². The zero-order valence-electron chi connectivity index (χ0n) is 6.67. The molecule has 0 amide bonds. The van der Waals surface area contributed by atoms with E-state index in [9.17, 15) is 0 Å². The van der Waals surface area contributed by atoms with E-state index < -0.39 is 0 Å². The van der Waals surface area contributed by atoms with Crippen molar-refractivity contribution in [2.75, 3.05) is 0 Å². The van der Waals surface area contributed by atoms with Crippen LogP contribution in [-0.2, 0) is 0 Å². The van der Waals surface area contributed by atoms with E-state index in [2.05, 4.69) is 15.8 Å². The summed E-state index contributed by atoms with van der Waals surface area (Å²) in [5.74, 6) is 0.776. The number of nitrogens with one attached hydrogen (secondary N) is 2. The van der Waals surface area contributed by atoms with Gasteiger partial charge in [-0.05, 0) is 31.3 Å². The standard InChI is InChI=1S/C8H13N3/c1-6-9-4-8(5-10-11-6)7-2-3-7/h4-7,10-11H,2-3H2,1H3. The molecule has 2 N–H and O–H groups in total. The van der Waals surface area contributed by atoms with Crippen molar-refractivity contribution in [3.05, 3.63) is 11.8 Å². The van der Waals surface area contributed by atoms with E-state index in [1.807, 2.05) is 19.3 Å². The van der Waals surface area contributed by atoms with E-state index in [1.165, 1.54) is 18.4 Å². The number of rotatable bonds is 1. The first-order valence-electron chi connectivity index (χ1n) is 4.10. The fourth-order valence-electron chi connectivity index (χ4n) is 1.16. The largest absolute Gasteiger partial charge is 0.326 e. The lowest BCUT2D eigenvalue weighted by Gasteiger charge is -2.04. The molecule has 1 unspecified atom stereocenters. The Balaban J connectivity index is 2.06. The Bertz CT molecular complexity index is 203. The number of hydrogen-bond donors (Lipinski definition) is 2. The summed E-state index contributed by atoms with van der Waals surface area (Å²) in [5, 5.41) is 0. The lowest BCUT2D eigenvalue weighted by Crippen LogP contribution is -2.33. The van der Waals surface area contributed by atoms with E-state index in [0.717, 1.165) is 5.92 Å². The Morgan fingerprint density at radius 3 is 3.09 bits per heavy atom. The molecule has 2 aliphatic rings. The second-order valence-corrected chi connectivity index (χ2v) is 3.16. The monoisotopic (exact) mass is 151 g/mol. The average Bonchev–Trinajstić information content (AvgIpc) is 2.73. The fourth-order valence-corrected chi connectivity index (χ4v) is 1.16. The van der Waals surface area contributed by atoms with Crippen LogP contribution in [0.3, 0.4) is 0 Å². The van der Waals surface area contributed by atoms with Crippen LogP contribution in [0.5, 0.6) is 0 Å². The molecule has 2 rings (SSSR count). The second-order valence-electron chi connectivity index (χ2n) is 3.16. The molecule has 11 heavy (non-hydrogen) atoms. The molecule has 1 atom stereocenters. The highest BCUT2D eigenvalue weighted by Gasteiger charge is 2.25. The highest BCUT2D eigenvalue weighted by atomic mass is 15.4. The van der Waals surface area contributed by atoms with Gasteiger partial charge in [-0.15, -0.1) is 0 Å². The molecule has 1 aliphatic carbocycles. The maximum Gasteiger partial charge on any atom is 0.113 e. The summed E-state index contributed by atoms with van der Waals surface area (Å²) in [6.45, 7) is 2.02. The highest BCUT2D eigenvalue weighted by molar-refractivity contribution is 5.80. The lowest BCUT2D eigenvalue weighted by atomic mass is 10.2. The van der Waals surface area contributed by atoms with Crippen molar-refractivity contribution in [3.8, 4) is 0 Å². The number of hydrazine groups is 1. The molecule has 1 heterocycles. The van der Waals surface area contributed by atoms with E-state index in [4.69, 9.17) is 0 Å². The van der Waals surface area contributed by atoms with Crippen LogP contribution in [-0.4, -0.2) is 12.4 Å². The molecule has 0 aromatic carbocycles. The molecule has 0 bridgehead atoms. The molecule has 0 aromatic rings. The van der Waals surface area contributed by atoms with Gasteiger partial charge in [-0.2, -0.15) is 0 Å². The van der Waals surface area contributed by atoms with Gasteiger partial charge in [0, 0.05) is 12.4 Å². The van der Waals surface area contributed by atoms with Crippen LogP contribution in [0.2, 0.25) is 0 Å². The van der Waals surface area contributed by atoms with Crippen LogP contribution in [0.4, 0.5) is 0 Å². The zero-order valence-corrected chi connectivity index (χ0v) is 6.67. The molecule has 60 valence electrons. The Morgan fingerprint density at radius 2 is 2.36 bits per heavy atom. The molecule has 3 nitrogen and oxygen atoms in total. The van der Waals surface area contributed by atoms with Gasteiger partial charge in [0.15, 0.2) is 0 Å². The normalized spacial score (nSPS) is 30.6. The van der Waals surface area contributed by atoms with Crippen molar-refractivity contribution >= 4 is 6.21 Å². The zero-order chi connectivity index (χ0) is 7.68. The summed E-state index contributed by atoms with van der Waals surface area (Å²) in [4.78, 5) is 4.30. The SMILES string of the molecule is CC1N=CC(C2CC2)=CNN1. The van der Waals surface area contributed by atoms with Crippen LogP contribution in [0.1, 0.15) is 19.8 Å². The minimum absolute atomic E-state index is 0.183. The molecule has 0 aromatic heterocycles. The predicted molar refractivity (Wildman–Crippen MR) is 45.0 cm³/mol. The molecule has 0 saturated heterocycles. The molecule has 0 spiro atoms. The first kappa shape index (κ1) is 6.85. The van der Waals surface area contributed by atoms with E-state index in [-0.39, 0.29) is 6.17 Å². The van der Waals surface area contributed by atoms with Crippen LogP contribution in [0.15, 0.2) is 16.8 Å². The van der Waals surface area contributed by atoms with Gasteiger partial charge in [-0.1, -0.05) is 0 Å². The quantitative estimate of drug-likeness (QED) is 0.581. The maximum atomic E-state index is 4.30. The van der Waals surface area contributed by atoms with Crippen LogP contribution < -0.4 is 10.9 Å². The molecule has 3 heteroatoms. The predicted octanol–water partition coefficient (Wildman–Crippen LogP) is 0.805. The first-order valence-corrected chi connectivity index (χ1v) is 4.10. The molecular formula is C8H13N3. The van der Waals surface area contributed by atoms with E-state index in [0.29, 0.717) is 0 Å². The van der Waals surface area contributed by atoms with Crippen molar-refractivity contribution < 1.29 is 0 Å². The third kappa shape index (κ3) is 1.60. The Labute approximate surface area is 66.6 Å². The molecule has 1 saturated carbocycles. The van der Waals surface area contributed by atoms with Crippen molar-refractivity contribution in [2.45, 2.75) is 25.9 Å². The molecule has 1 aliphatic heterocycles. The van der Waals surface area contributed by atoms with Crippen molar-refractivity contribution in [2.24, 2.45) is 10.9 Å². The highest BCUT2D eigenvalue weighted by Crippen LogP contribution is 2.35. The van der Waals surface area contributed by atoms with Gasteiger partial charge in [0.2, 0.25) is 0 Å². The summed E-state index contributed by atoms with van der Waals surface area (Å²) in [6, 6.07) is 0. The van der Waals surface area contributed by atoms with Crippen molar-refractivity contribution in [3.63, 3.8) is 0 Å². The van der Waals surface area contributed by atoms with Crippen LogP contribution >= 0.6 is 0 Å². The van der Waals surface area contributed by atoms with Gasteiger partial charge >= 0.3 is 0 Å². The van der Waals surface area contributed by atoms with Crippen molar-refractivity contribution in [1.82, 2.24) is 10.9 Å². The van der Waals surface area contributed by atoms with Gasteiger partial charge in [0.05, 0.1) is 0 Å². The van der Waals surface area contributed by atoms with Gasteiger partial charge in [0.25, 0.3) is 0 Å². The minimum atomic E-state index is 0.183. The summed E-state index contributed by atoms with van der Waals surface area (Å²) >= 11 is 0. The third-order valence-corrected chi connectivity index (χ3v) is 2.03. The third-order valence-electron chi connectivity index (χ3n) is 2.03. The Kier molecular flexibility index (Phi) is 1.66. The molecule has 1 fully saturated rings. The number of nitrogens with zero attached hydrogens (tertiary/aromatic N) is 1. The molecular weight excluding hydrogens is 138 g/mol. The van der Waals surface area contributed by atoms with E-state index in [1.54, 1.807) is 0 Å². The lowest BCUT2D eigenvalue weighted by molar-refractivity contribution is 0.528. The van der Waals surface area contributed by atoms with Crippen LogP contribution in [0.25, 0.3) is 0 Å². The van der Waals surface area contributed by atoms with Crippen LogP contribution in [0, 0.1) is 5.92 Å². The number of aliphatic imine (C=N–C) groups is 1. The van der Waals surface area contributed by atoms with E-state index >= 15 is 0 Å². The number of hydrogen-bond acceptors (Lipinski definition) is 3. The number of allylic oxidation sites excluding steroid dienone is 1. The smallest absolute Gasteiger partial charge is 0.113 e. The van der Waals surface area contributed by atoms with Gasteiger partial charge < -0.3 is 5.43 Å². The summed E-state index contributed by atoms with van der Waals surface area (Å²) in [7, 11) is 0. The first-order chi connectivity index (χ1) is 5.36. The summed E-state index contributed by atoms with van der Waals surface area (Å²) < 4.78 is 0. The maximum absolute atomic E-state index is 4.30. The fraction of sp³-hybridized carbons (Fsp3) is 0.625. The van der Waals surface area contributed by atoms with Gasteiger partial charge in [-0.25, -0.2) is 5.43 Å². The Hall–Kier alpha value is -0.830. The minimum Gasteiger partial charge on any atom is -0.326 e. The van der Waals surface area contributed by atoms with Gasteiger partial charge in [0.1, 0.15) is 6.17 Å². The second kappa shape index (κ2) is 2.66. The summed E-state index contributed by atoms with van der Waals surface area (Å²) in [5.41, 5.74) is 7.40. The topological polar surface area (TPSA) is 36.4 Å². The van der Waals surface area contributed by atoms with Gasteiger partial charge in [-0.3, -0.25) is 4.99 Å². The summed E-state index contributed by atoms with van der Waals surface area (Å²) in [6.07, 6.45) is 6.84. The molecule has 0 radical (unpaired) electrons.